The van der Waals surface area contributed by atoms with Gasteiger partial charge in [-0.15, -0.1) is 0 Å². The number of nitrogens with zero attached hydrogens (tertiary/aromatic N) is 2. The maximum atomic E-state index is 9.70. The predicted octanol–water partition coefficient (Wildman–Crippen LogP) is 3.64. The van der Waals surface area contributed by atoms with Gasteiger partial charge < -0.3 is 21.3 Å². The lowest BCUT2D eigenvalue weighted by Gasteiger charge is -2.48. The fraction of sp³-hybridized carbons (Fsp3) is 0.600. The van der Waals surface area contributed by atoms with Gasteiger partial charge in [-0.05, 0) is 63.1 Å². The van der Waals surface area contributed by atoms with Crippen LogP contribution in [0.1, 0.15) is 47.0 Å². The highest BCUT2D eigenvalue weighted by Crippen LogP contribution is 2.37. The molecule has 0 aliphatic heterocycles. The molecule has 0 aromatic heterocycles. The first-order chi connectivity index (χ1) is 14.8. The van der Waals surface area contributed by atoms with Crippen molar-refractivity contribution >= 4 is 11.4 Å². The molecule has 1 aliphatic rings. The van der Waals surface area contributed by atoms with E-state index in [0.29, 0.717) is 11.0 Å². The second-order valence-electron chi connectivity index (χ2n) is 8.95. The zero-order valence-electron chi connectivity index (χ0n) is 19.8. The third-order valence-corrected chi connectivity index (χ3v) is 6.33. The Morgan fingerprint density at radius 1 is 1.06 bits per heavy atom. The standard InChI is InChI=1S/C25H43N4O2/c1-5-27-21-10-12-22(13-11-21)28(16-7-8-18-30)29(6-2,17-9-19-31)23-14-15-24(26)25(3,4)20-23/h10-15,20,24,27,30-31H,5-9,16-19,26H2,1-4H3/q+1. The minimum Gasteiger partial charge on any atom is -0.396 e. The van der Waals surface area contributed by atoms with E-state index < -0.39 is 0 Å². The molecule has 0 saturated heterocycles. The molecule has 1 aliphatic carbocycles. The average Bonchev–Trinajstić information content (AvgIpc) is 2.76. The smallest absolute Gasteiger partial charge is 0.153 e. The Morgan fingerprint density at radius 2 is 1.74 bits per heavy atom. The Morgan fingerprint density at radius 3 is 2.29 bits per heavy atom. The summed E-state index contributed by atoms with van der Waals surface area (Å²) in [5.74, 6) is 0. The van der Waals surface area contributed by atoms with Crippen molar-refractivity contribution in [2.45, 2.75) is 53.0 Å². The number of hydrogen-bond donors (Lipinski definition) is 4. The molecule has 174 valence electrons. The Labute approximate surface area is 188 Å². The van der Waals surface area contributed by atoms with E-state index in [9.17, 15) is 10.2 Å². The summed E-state index contributed by atoms with van der Waals surface area (Å²) in [6.45, 7) is 12.4. The van der Waals surface area contributed by atoms with Crippen LogP contribution < -0.4 is 16.1 Å². The number of likely N-dealkylation sites (N-methyl/N-ethyl adjacent to an activating group) is 1. The topological polar surface area (TPSA) is 81.8 Å². The summed E-state index contributed by atoms with van der Waals surface area (Å²) in [7, 11) is 0. The molecule has 0 saturated carbocycles. The first kappa shape index (κ1) is 25.4. The summed E-state index contributed by atoms with van der Waals surface area (Å²) in [6.07, 6.45) is 8.95. The number of allylic oxidation sites excluding steroid dienone is 1. The summed E-state index contributed by atoms with van der Waals surface area (Å²) < 4.78 is 0.624. The van der Waals surface area contributed by atoms with Gasteiger partial charge in [0, 0.05) is 43.3 Å². The molecule has 31 heavy (non-hydrogen) atoms. The van der Waals surface area contributed by atoms with Crippen LogP contribution in [0, 0.1) is 5.41 Å². The number of unbranched alkanes of at least 4 members (excludes halogenated alkanes) is 1. The SMILES string of the molecule is CCNc1ccc(N(CCCCO)[N+](CC)(CCCO)C2=CC(C)(C)C(N)C=C2)cc1. The molecule has 1 aromatic rings. The van der Waals surface area contributed by atoms with Gasteiger partial charge in [-0.3, -0.25) is 0 Å². The van der Waals surface area contributed by atoms with E-state index in [0.717, 1.165) is 50.4 Å². The number of nitrogens with one attached hydrogen (secondary N) is 1. The van der Waals surface area contributed by atoms with Crippen LogP contribution in [0.4, 0.5) is 11.4 Å². The molecular weight excluding hydrogens is 388 g/mol. The third kappa shape index (κ3) is 6.10. The highest BCUT2D eigenvalue weighted by atomic mass is 16.3. The van der Waals surface area contributed by atoms with Gasteiger partial charge in [0.15, 0.2) is 5.70 Å². The van der Waals surface area contributed by atoms with Crippen LogP contribution in [0.2, 0.25) is 0 Å². The van der Waals surface area contributed by atoms with Gasteiger partial charge in [0.05, 0.1) is 12.2 Å². The number of rotatable bonds is 13. The largest absolute Gasteiger partial charge is 0.396 e. The zero-order chi connectivity index (χ0) is 22.9. The van der Waals surface area contributed by atoms with Crippen LogP contribution in [0.3, 0.4) is 0 Å². The van der Waals surface area contributed by atoms with E-state index >= 15 is 0 Å². The lowest BCUT2D eigenvalue weighted by atomic mass is 9.80. The van der Waals surface area contributed by atoms with Crippen LogP contribution in [0.15, 0.2) is 48.2 Å². The molecule has 5 N–H and O–H groups in total. The fourth-order valence-electron chi connectivity index (χ4n) is 4.34. The number of benzene rings is 1. The first-order valence-electron chi connectivity index (χ1n) is 11.7. The molecule has 0 spiro atoms. The Balaban J connectivity index is 2.55. The van der Waals surface area contributed by atoms with E-state index in [2.05, 4.69) is 80.5 Å². The third-order valence-electron chi connectivity index (χ3n) is 6.33. The van der Waals surface area contributed by atoms with Crippen LogP contribution in [-0.4, -0.2) is 60.2 Å². The van der Waals surface area contributed by atoms with Crippen LogP contribution >= 0.6 is 0 Å². The predicted molar refractivity (Wildman–Crippen MR) is 131 cm³/mol. The first-order valence-corrected chi connectivity index (χ1v) is 11.7. The van der Waals surface area contributed by atoms with Crippen molar-refractivity contribution in [1.29, 1.82) is 0 Å². The van der Waals surface area contributed by atoms with Crippen molar-refractivity contribution in [1.82, 2.24) is 0 Å². The molecule has 1 aromatic carbocycles. The minimum atomic E-state index is -0.145. The van der Waals surface area contributed by atoms with Crippen LogP contribution in [-0.2, 0) is 0 Å². The molecular formula is C25H43N4O2+. The summed E-state index contributed by atoms with van der Waals surface area (Å²) in [5.41, 5.74) is 9.68. The number of quaternary nitrogens is 1. The van der Waals surface area contributed by atoms with E-state index in [1.807, 2.05) is 0 Å². The second kappa shape index (κ2) is 11.7. The van der Waals surface area contributed by atoms with Gasteiger partial charge in [-0.2, -0.15) is 4.59 Å². The van der Waals surface area contributed by atoms with E-state index in [-0.39, 0.29) is 24.7 Å². The molecule has 0 fully saturated rings. The number of aliphatic hydroxyl groups excluding tert-OH is 2. The Hall–Kier alpha value is -1.86. The molecule has 6 heteroatoms. The maximum absolute atomic E-state index is 9.70. The molecule has 0 amide bonds. The summed E-state index contributed by atoms with van der Waals surface area (Å²) >= 11 is 0. The summed E-state index contributed by atoms with van der Waals surface area (Å²) in [6, 6.07) is 8.57. The van der Waals surface area contributed by atoms with Gasteiger partial charge in [-0.25, -0.2) is 5.01 Å². The zero-order valence-corrected chi connectivity index (χ0v) is 19.8. The van der Waals surface area contributed by atoms with Crippen molar-refractivity contribution in [2.24, 2.45) is 11.1 Å². The minimum absolute atomic E-state index is 0.0184. The summed E-state index contributed by atoms with van der Waals surface area (Å²) in [4.78, 5) is 0. The average molecular weight is 432 g/mol. The van der Waals surface area contributed by atoms with Crippen molar-refractivity contribution in [3.05, 3.63) is 48.2 Å². The van der Waals surface area contributed by atoms with Gasteiger partial charge in [0.1, 0.15) is 13.1 Å². The quantitative estimate of drug-likeness (QED) is 0.218. The normalized spacial score (nSPS) is 19.6. The Kier molecular flexibility index (Phi) is 9.56. The molecule has 0 heterocycles. The molecule has 6 nitrogen and oxygen atoms in total. The molecule has 2 unspecified atom stereocenters. The monoisotopic (exact) mass is 431 g/mol. The lowest BCUT2D eigenvalue weighted by Crippen LogP contribution is -2.61. The molecule has 0 bridgehead atoms. The van der Waals surface area contributed by atoms with Crippen molar-refractivity contribution in [3.63, 3.8) is 0 Å². The van der Waals surface area contributed by atoms with E-state index in [4.69, 9.17) is 5.73 Å². The summed E-state index contributed by atoms with van der Waals surface area (Å²) in [5, 5.41) is 24.9. The number of anilines is 2. The lowest BCUT2D eigenvalue weighted by molar-refractivity contribution is -0.897. The highest BCUT2D eigenvalue weighted by molar-refractivity contribution is 5.54. The van der Waals surface area contributed by atoms with Gasteiger partial charge >= 0.3 is 0 Å². The fourth-order valence-corrected chi connectivity index (χ4v) is 4.34. The van der Waals surface area contributed by atoms with Crippen molar-refractivity contribution in [3.8, 4) is 0 Å². The van der Waals surface area contributed by atoms with Gasteiger partial charge in [0.2, 0.25) is 0 Å². The van der Waals surface area contributed by atoms with Gasteiger partial charge in [0.25, 0.3) is 0 Å². The van der Waals surface area contributed by atoms with Crippen LogP contribution in [0.5, 0.6) is 0 Å². The maximum Gasteiger partial charge on any atom is 0.153 e. The molecule has 0 radical (unpaired) electrons. The molecule has 2 rings (SSSR count). The van der Waals surface area contributed by atoms with Crippen molar-refractivity contribution < 1.29 is 14.8 Å². The van der Waals surface area contributed by atoms with Crippen molar-refractivity contribution in [2.75, 3.05) is 49.7 Å². The number of aliphatic hydroxyl groups is 2. The highest BCUT2D eigenvalue weighted by Gasteiger charge is 2.41. The van der Waals surface area contributed by atoms with Gasteiger partial charge in [-0.1, -0.05) is 19.9 Å². The Bertz CT molecular complexity index is 730. The second-order valence-corrected chi connectivity index (χ2v) is 8.95. The van der Waals surface area contributed by atoms with Crippen LogP contribution in [0.25, 0.3) is 0 Å². The molecule has 2 atom stereocenters. The number of hydrogen-bond acceptors (Lipinski definition) is 5. The number of nitrogens with two attached hydrogens (primary N) is 1. The van der Waals surface area contributed by atoms with E-state index in [1.54, 1.807) is 0 Å². The van der Waals surface area contributed by atoms with E-state index in [1.165, 1.54) is 5.70 Å².